The number of hydrogen-bond donors (Lipinski definition) is 1. The summed E-state index contributed by atoms with van der Waals surface area (Å²) in [5.74, 6) is -1.27. The van der Waals surface area contributed by atoms with Gasteiger partial charge in [0.1, 0.15) is 0 Å². The van der Waals surface area contributed by atoms with E-state index in [2.05, 4.69) is 12.1 Å². The molecule has 1 aliphatic heterocycles. The second-order valence-electron chi connectivity index (χ2n) is 10.5. The van der Waals surface area contributed by atoms with Crippen LogP contribution in [0.1, 0.15) is 49.4 Å². The van der Waals surface area contributed by atoms with Gasteiger partial charge in [-0.1, -0.05) is 90.5 Å². The monoisotopic (exact) mass is 546 g/mol. The highest BCUT2D eigenvalue weighted by atomic mass is 16.4. The zero-order valence-electron chi connectivity index (χ0n) is 23.3. The first-order valence-electron chi connectivity index (χ1n) is 14.0. The summed E-state index contributed by atoms with van der Waals surface area (Å²) in [6.45, 7) is 3.69. The fourth-order valence-corrected chi connectivity index (χ4v) is 5.38. The SMILES string of the molecule is Cc1ccc(CCN(CCC(=O)O)C(=O)c2ccccc2-c2ccccc2C(=O)N2CCc3ccccc3C2)cc1. The van der Waals surface area contributed by atoms with E-state index < -0.39 is 5.97 Å². The van der Waals surface area contributed by atoms with Crippen molar-refractivity contribution in [3.8, 4) is 11.1 Å². The van der Waals surface area contributed by atoms with Gasteiger partial charge in [0, 0.05) is 37.3 Å². The minimum absolute atomic E-state index is 0.0699. The molecular formula is C35H34N2O4. The average molecular weight is 547 g/mol. The predicted molar refractivity (Wildman–Crippen MR) is 160 cm³/mol. The van der Waals surface area contributed by atoms with Gasteiger partial charge in [-0.25, -0.2) is 0 Å². The molecule has 4 aromatic carbocycles. The predicted octanol–water partition coefficient (Wildman–Crippen LogP) is 6.02. The summed E-state index contributed by atoms with van der Waals surface area (Å²) in [4.78, 5) is 42.7. The largest absolute Gasteiger partial charge is 0.481 e. The van der Waals surface area contributed by atoms with E-state index in [1.165, 1.54) is 5.56 Å². The van der Waals surface area contributed by atoms with Gasteiger partial charge in [0.15, 0.2) is 0 Å². The number of rotatable bonds is 9. The summed E-state index contributed by atoms with van der Waals surface area (Å²) in [5, 5.41) is 9.37. The molecule has 0 spiro atoms. The Bertz CT molecular complexity index is 1560. The summed E-state index contributed by atoms with van der Waals surface area (Å²) in [5.41, 5.74) is 7.01. The molecule has 0 saturated heterocycles. The number of carbonyl (C=O) groups is 3. The number of aliphatic carboxylic acids is 1. The summed E-state index contributed by atoms with van der Waals surface area (Å²) in [6.07, 6.45) is 1.27. The van der Waals surface area contributed by atoms with Crippen molar-refractivity contribution in [2.24, 2.45) is 0 Å². The number of amides is 2. The third-order valence-corrected chi connectivity index (χ3v) is 7.70. The van der Waals surface area contributed by atoms with Crippen molar-refractivity contribution in [3.63, 3.8) is 0 Å². The molecular weight excluding hydrogens is 512 g/mol. The quantitative estimate of drug-likeness (QED) is 0.279. The van der Waals surface area contributed by atoms with Crippen molar-refractivity contribution in [3.05, 3.63) is 130 Å². The molecule has 5 rings (SSSR count). The summed E-state index contributed by atoms with van der Waals surface area (Å²) >= 11 is 0. The first-order valence-corrected chi connectivity index (χ1v) is 14.0. The lowest BCUT2D eigenvalue weighted by atomic mass is 9.93. The molecule has 0 atom stereocenters. The molecule has 0 radical (unpaired) electrons. The molecule has 6 nitrogen and oxygen atoms in total. The van der Waals surface area contributed by atoms with Crippen molar-refractivity contribution in [1.29, 1.82) is 0 Å². The topological polar surface area (TPSA) is 77.9 Å². The van der Waals surface area contributed by atoms with Gasteiger partial charge >= 0.3 is 5.97 Å². The molecule has 1 N–H and O–H groups in total. The van der Waals surface area contributed by atoms with Gasteiger partial charge in [-0.05, 0) is 59.7 Å². The molecule has 0 bridgehead atoms. The Balaban J connectivity index is 1.43. The normalized spacial score (nSPS) is 12.5. The third kappa shape index (κ3) is 6.55. The van der Waals surface area contributed by atoms with Crippen molar-refractivity contribution < 1.29 is 19.5 Å². The van der Waals surface area contributed by atoms with E-state index in [-0.39, 0.29) is 24.8 Å². The maximum Gasteiger partial charge on any atom is 0.305 e. The number of carbonyl (C=O) groups excluding carboxylic acids is 2. The van der Waals surface area contributed by atoms with Gasteiger partial charge in [-0.3, -0.25) is 14.4 Å². The third-order valence-electron chi connectivity index (χ3n) is 7.70. The molecule has 2 amide bonds. The van der Waals surface area contributed by atoms with Crippen LogP contribution < -0.4 is 0 Å². The molecule has 1 aliphatic rings. The van der Waals surface area contributed by atoms with Crippen molar-refractivity contribution >= 4 is 17.8 Å². The van der Waals surface area contributed by atoms with Crippen LogP contribution in [0.15, 0.2) is 97.1 Å². The molecule has 4 aromatic rings. The fraction of sp³-hybridized carbons (Fsp3) is 0.229. The Hall–Kier alpha value is -4.71. The maximum atomic E-state index is 14.0. The maximum absolute atomic E-state index is 14.0. The standard InChI is InChI=1S/C35H34N2O4/c1-25-14-16-26(17-15-25)18-21-36(23-20-33(38)39)34(40)31-12-6-4-10-29(31)30-11-5-7-13-32(30)35(41)37-22-19-27-8-2-3-9-28(27)24-37/h2-17H,18-24H2,1H3,(H,38,39). The number of nitrogens with zero attached hydrogens (tertiary/aromatic N) is 2. The minimum atomic E-state index is -0.953. The zero-order chi connectivity index (χ0) is 28.8. The molecule has 1 heterocycles. The lowest BCUT2D eigenvalue weighted by Crippen LogP contribution is -2.36. The van der Waals surface area contributed by atoms with Gasteiger partial charge in [-0.2, -0.15) is 0 Å². The Kier molecular flexibility index (Phi) is 8.59. The number of carboxylic acid groups (broad SMARTS) is 1. The van der Waals surface area contributed by atoms with Crippen LogP contribution in [0.4, 0.5) is 0 Å². The zero-order valence-corrected chi connectivity index (χ0v) is 23.3. The molecule has 6 heteroatoms. The van der Waals surface area contributed by atoms with Crippen LogP contribution in [0.2, 0.25) is 0 Å². The Labute approximate surface area is 240 Å². The summed E-state index contributed by atoms with van der Waals surface area (Å²) in [7, 11) is 0. The lowest BCUT2D eigenvalue weighted by molar-refractivity contribution is -0.137. The average Bonchev–Trinajstić information content (AvgIpc) is 3.01. The molecule has 0 saturated carbocycles. The molecule has 0 aliphatic carbocycles. The van der Waals surface area contributed by atoms with Crippen LogP contribution in [0.3, 0.4) is 0 Å². The van der Waals surface area contributed by atoms with Crippen molar-refractivity contribution in [2.75, 3.05) is 19.6 Å². The Morgan fingerprint density at radius 2 is 1.37 bits per heavy atom. The van der Waals surface area contributed by atoms with E-state index in [1.807, 2.05) is 84.6 Å². The van der Waals surface area contributed by atoms with Gasteiger partial charge in [0.25, 0.3) is 11.8 Å². The van der Waals surface area contributed by atoms with Crippen LogP contribution in [-0.2, 0) is 24.2 Å². The first-order chi connectivity index (χ1) is 19.9. The lowest BCUT2D eigenvalue weighted by Gasteiger charge is -2.30. The number of benzene rings is 4. The Morgan fingerprint density at radius 3 is 2.07 bits per heavy atom. The van der Waals surface area contributed by atoms with Crippen LogP contribution in [0.5, 0.6) is 0 Å². The fourth-order valence-electron chi connectivity index (χ4n) is 5.38. The van der Waals surface area contributed by atoms with Crippen LogP contribution in [-0.4, -0.2) is 52.3 Å². The van der Waals surface area contributed by atoms with E-state index in [4.69, 9.17) is 0 Å². The first kappa shape index (κ1) is 27.8. The van der Waals surface area contributed by atoms with Crippen LogP contribution in [0.25, 0.3) is 11.1 Å². The number of carboxylic acids is 1. The molecule has 0 aromatic heterocycles. The van der Waals surface area contributed by atoms with Gasteiger partial charge < -0.3 is 14.9 Å². The highest BCUT2D eigenvalue weighted by Crippen LogP contribution is 2.30. The van der Waals surface area contributed by atoms with Gasteiger partial charge in [0.05, 0.1) is 6.42 Å². The highest BCUT2D eigenvalue weighted by Gasteiger charge is 2.26. The van der Waals surface area contributed by atoms with Crippen LogP contribution in [0, 0.1) is 6.92 Å². The summed E-state index contributed by atoms with van der Waals surface area (Å²) < 4.78 is 0. The van der Waals surface area contributed by atoms with E-state index in [0.717, 1.165) is 23.1 Å². The Morgan fingerprint density at radius 1 is 0.756 bits per heavy atom. The van der Waals surface area contributed by atoms with E-state index in [0.29, 0.717) is 48.3 Å². The molecule has 0 unspecified atom stereocenters. The van der Waals surface area contributed by atoms with Crippen molar-refractivity contribution in [1.82, 2.24) is 9.80 Å². The molecule has 0 fully saturated rings. The number of aryl methyl sites for hydroxylation is 1. The molecule has 208 valence electrons. The van der Waals surface area contributed by atoms with E-state index >= 15 is 0 Å². The van der Waals surface area contributed by atoms with Crippen LogP contribution >= 0.6 is 0 Å². The number of fused-ring (bicyclic) bond motifs is 1. The number of hydrogen-bond acceptors (Lipinski definition) is 3. The van der Waals surface area contributed by atoms with E-state index in [9.17, 15) is 19.5 Å². The smallest absolute Gasteiger partial charge is 0.305 e. The van der Waals surface area contributed by atoms with Crippen molar-refractivity contribution in [2.45, 2.75) is 32.7 Å². The van der Waals surface area contributed by atoms with E-state index in [1.54, 1.807) is 17.0 Å². The second-order valence-corrected chi connectivity index (χ2v) is 10.5. The summed E-state index contributed by atoms with van der Waals surface area (Å²) in [6, 6.07) is 31.0. The second kappa shape index (κ2) is 12.6. The minimum Gasteiger partial charge on any atom is -0.481 e. The highest BCUT2D eigenvalue weighted by molar-refractivity contribution is 6.06. The molecule has 41 heavy (non-hydrogen) atoms. The van der Waals surface area contributed by atoms with Gasteiger partial charge in [-0.15, -0.1) is 0 Å². The van der Waals surface area contributed by atoms with Gasteiger partial charge in [0.2, 0.25) is 0 Å².